The third kappa shape index (κ3) is 3.05. The summed E-state index contributed by atoms with van der Waals surface area (Å²) in [5, 5.41) is 3.69. The summed E-state index contributed by atoms with van der Waals surface area (Å²) in [6.07, 6.45) is 6.13. The summed E-state index contributed by atoms with van der Waals surface area (Å²) in [5.41, 5.74) is 1.73. The number of amides is 1. The first-order valence-corrected chi connectivity index (χ1v) is 9.08. The Hall–Kier alpha value is -1.36. The van der Waals surface area contributed by atoms with Crippen LogP contribution in [0.15, 0.2) is 0 Å². The van der Waals surface area contributed by atoms with Crippen LogP contribution in [-0.2, 0) is 22.4 Å². The number of ether oxygens (including phenoxy) is 1. The van der Waals surface area contributed by atoms with E-state index in [1.165, 1.54) is 4.88 Å². The molecule has 0 saturated heterocycles. The minimum atomic E-state index is -0.291. The van der Waals surface area contributed by atoms with Crippen molar-refractivity contribution in [2.75, 3.05) is 11.9 Å². The molecule has 2 aliphatic carbocycles. The number of carbonyl (C=O) groups excluding carboxylic acids is 2. The molecule has 3 rings (SSSR count). The first-order chi connectivity index (χ1) is 10.6. The molecule has 5 heteroatoms. The van der Waals surface area contributed by atoms with E-state index >= 15 is 0 Å². The molecule has 1 amide bonds. The van der Waals surface area contributed by atoms with E-state index in [1.54, 1.807) is 11.3 Å². The van der Waals surface area contributed by atoms with E-state index in [4.69, 9.17) is 4.74 Å². The average molecular weight is 321 g/mol. The van der Waals surface area contributed by atoms with Gasteiger partial charge in [0, 0.05) is 10.8 Å². The van der Waals surface area contributed by atoms with E-state index in [0.29, 0.717) is 23.1 Å². The van der Waals surface area contributed by atoms with Crippen LogP contribution in [0.5, 0.6) is 0 Å². The molecule has 1 aromatic rings. The van der Waals surface area contributed by atoms with Gasteiger partial charge < -0.3 is 10.1 Å². The second-order valence-corrected chi connectivity index (χ2v) is 7.31. The van der Waals surface area contributed by atoms with Crippen LogP contribution in [0.3, 0.4) is 0 Å². The SMILES string of the molecule is CCOC(=O)c1c(NC(=O)C2CC2)sc2c1CC[C@H](CC)C2. The van der Waals surface area contributed by atoms with E-state index in [-0.39, 0.29) is 17.8 Å². The van der Waals surface area contributed by atoms with Crippen LogP contribution in [0.25, 0.3) is 0 Å². The molecule has 0 radical (unpaired) electrons. The summed E-state index contributed by atoms with van der Waals surface area (Å²) in [6.45, 7) is 4.38. The summed E-state index contributed by atoms with van der Waals surface area (Å²) < 4.78 is 5.22. The van der Waals surface area contributed by atoms with E-state index in [9.17, 15) is 9.59 Å². The largest absolute Gasteiger partial charge is 0.462 e. The molecule has 0 spiro atoms. The summed E-state index contributed by atoms with van der Waals surface area (Å²) in [6, 6.07) is 0. The molecule has 120 valence electrons. The minimum Gasteiger partial charge on any atom is -0.462 e. The Morgan fingerprint density at radius 1 is 1.27 bits per heavy atom. The number of nitrogens with one attached hydrogen (secondary N) is 1. The molecule has 0 aromatic carbocycles. The molecule has 1 saturated carbocycles. The van der Waals surface area contributed by atoms with Crippen molar-refractivity contribution in [1.29, 1.82) is 0 Å². The molecule has 1 N–H and O–H groups in total. The van der Waals surface area contributed by atoms with Gasteiger partial charge in [-0.1, -0.05) is 13.3 Å². The lowest BCUT2D eigenvalue weighted by atomic mass is 9.85. The monoisotopic (exact) mass is 321 g/mol. The normalized spacial score (nSPS) is 20.4. The van der Waals surface area contributed by atoms with Gasteiger partial charge in [0.15, 0.2) is 0 Å². The number of hydrogen-bond acceptors (Lipinski definition) is 4. The van der Waals surface area contributed by atoms with E-state index in [0.717, 1.165) is 44.1 Å². The zero-order valence-electron chi connectivity index (χ0n) is 13.2. The number of anilines is 1. The van der Waals surface area contributed by atoms with Gasteiger partial charge in [0.05, 0.1) is 12.2 Å². The number of esters is 1. The van der Waals surface area contributed by atoms with Crippen LogP contribution >= 0.6 is 11.3 Å². The quantitative estimate of drug-likeness (QED) is 0.840. The fourth-order valence-corrected chi connectivity index (χ4v) is 4.42. The summed E-state index contributed by atoms with van der Waals surface area (Å²) in [7, 11) is 0. The molecule has 1 fully saturated rings. The Kier molecular flexibility index (Phi) is 4.52. The molecule has 22 heavy (non-hydrogen) atoms. The average Bonchev–Trinajstić information content (AvgIpc) is 3.29. The van der Waals surface area contributed by atoms with E-state index in [1.807, 2.05) is 6.92 Å². The highest BCUT2D eigenvalue weighted by Gasteiger charge is 2.33. The van der Waals surface area contributed by atoms with Crippen molar-refractivity contribution in [2.45, 2.75) is 52.4 Å². The van der Waals surface area contributed by atoms with Gasteiger partial charge in [0.25, 0.3) is 0 Å². The molecule has 0 bridgehead atoms. The van der Waals surface area contributed by atoms with Crippen LogP contribution < -0.4 is 5.32 Å². The van der Waals surface area contributed by atoms with Gasteiger partial charge in [0.1, 0.15) is 5.00 Å². The third-order valence-corrected chi connectivity index (χ3v) is 5.78. The zero-order chi connectivity index (χ0) is 15.7. The topological polar surface area (TPSA) is 55.4 Å². The van der Waals surface area contributed by atoms with Crippen LogP contribution in [0.4, 0.5) is 5.00 Å². The maximum atomic E-state index is 12.3. The molecule has 0 aliphatic heterocycles. The van der Waals surface area contributed by atoms with Crippen LogP contribution in [0.1, 0.15) is 60.3 Å². The Bertz CT molecular complexity index is 589. The number of rotatable bonds is 5. The lowest BCUT2D eigenvalue weighted by molar-refractivity contribution is -0.117. The predicted octanol–water partition coefficient (Wildman–Crippen LogP) is 3.79. The van der Waals surface area contributed by atoms with Gasteiger partial charge in [-0.05, 0) is 50.5 Å². The lowest BCUT2D eigenvalue weighted by Crippen LogP contribution is -2.17. The summed E-state index contributed by atoms with van der Waals surface area (Å²) in [4.78, 5) is 25.7. The smallest absolute Gasteiger partial charge is 0.341 e. The molecular formula is C17H23NO3S. The zero-order valence-corrected chi connectivity index (χ0v) is 14.1. The Labute approximate surface area is 135 Å². The van der Waals surface area contributed by atoms with Crippen LogP contribution in [0, 0.1) is 11.8 Å². The number of fused-ring (bicyclic) bond motifs is 1. The summed E-state index contributed by atoms with van der Waals surface area (Å²) in [5.74, 6) is 0.586. The van der Waals surface area contributed by atoms with Gasteiger partial charge in [-0.15, -0.1) is 11.3 Å². The Balaban J connectivity index is 1.91. The second-order valence-electron chi connectivity index (χ2n) is 6.21. The minimum absolute atomic E-state index is 0.0520. The van der Waals surface area contributed by atoms with Crippen LogP contribution in [-0.4, -0.2) is 18.5 Å². The van der Waals surface area contributed by atoms with Crippen molar-refractivity contribution in [3.8, 4) is 0 Å². The fraction of sp³-hybridized carbons (Fsp3) is 0.647. The van der Waals surface area contributed by atoms with Crippen molar-refractivity contribution in [3.05, 3.63) is 16.0 Å². The number of hydrogen-bond donors (Lipinski definition) is 1. The number of thiophene rings is 1. The molecule has 4 nitrogen and oxygen atoms in total. The van der Waals surface area contributed by atoms with Crippen molar-refractivity contribution < 1.29 is 14.3 Å². The van der Waals surface area contributed by atoms with Crippen molar-refractivity contribution in [3.63, 3.8) is 0 Å². The van der Waals surface area contributed by atoms with E-state index < -0.39 is 0 Å². The Morgan fingerprint density at radius 3 is 2.68 bits per heavy atom. The second kappa shape index (κ2) is 6.41. The van der Waals surface area contributed by atoms with Crippen LogP contribution in [0.2, 0.25) is 0 Å². The van der Waals surface area contributed by atoms with Gasteiger partial charge in [-0.25, -0.2) is 4.79 Å². The molecule has 2 aliphatic rings. The predicted molar refractivity (Wildman–Crippen MR) is 87.4 cm³/mol. The lowest BCUT2D eigenvalue weighted by Gasteiger charge is -2.20. The maximum absolute atomic E-state index is 12.3. The summed E-state index contributed by atoms with van der Waals surface area (Å²) >= 11 is 1.58. The molecule has 1 aromatic heterocycles. The standard InChI is InChI=1S/C17H23NO3S/c1-3-10-5-8-12-13(9-10)22-16(14(12)17(20)21-4-2)18-15(19)11-6-7-11/h10-11H,3-9H2,1-2H3,(H,18,19)/t10-/m0/s1. The number of carbonyl (C=O) groups is 2. The molecular weight excluding hydrogens is 298 g/mol. The maximum Gasteiger partial charge on any atom is 0.341 e. The van der Waals surface area contributed by atoms with Gasteiger partial charge in [-0.3, -0.25) is 4.79 Å². The molecule has 1 heterocycles. The Morgan fingerprint density at radius 2 is 2.05 bits per heavy atom. The first-order valence-electron chi connectivity index (χ1n) is 8.26. The van der Waals surface area contributed by atoms with Crippen molar-refractivity contribution in [2.24, 2.45) is 11.8 Å². The highest BCUT2D eigenvalue weighted by Crippen LogP contribution is 2.41. The first kappa shape index (κ1) is 15.5. The van der Waals surface area contributed by atoms with Gasteiger partial charge in [0.2, 0.25) is 5.91 Å². The van der Waals surface area contributed by atoms with Crippen molar-refractivity contribution in [1.82, 2.24) is 0 Å². The van der Waals surface area contributed by atoms with Crippen molar-refractivity contribution >= 4 is 28.2 Å². The van der Waals surface area contributed by atoms with Gasteiger partial charge >= 0.3 is 5.97 Å². The molecule has 0 unspecified atom stereocenters. The third-order valence-electron chi connectivity index (χ3n) is 4.61. The highest BCUT2D eigenvalue weighted by atomic mass is 32.1. The highest BCUT2D eigenvalue weighted by molar-refractivity contribution is 7.17. The van der Waals surface area contributed by atoms with E-state index in [2.05, 4.69) is 12.2 Å². The molecule has 1 atom stereocenters. The van der Waals surface area contributed by atoms with Gasteiger partial charge in [-0.2, -0.15) is 0 Å². The fourth-order valence-electron chi connectivity index (χ4n) is 3.07.